The van der Waals surface area contributed by atoms with Crippen molar-refractivity contribution in [1.29, 1.82) is 0 Å². The molecule has 0 aliphatic rings. The van der Waals surface area contributed by atoms with Crippen LogP contribution < -0.4 is 5.32 Å². The first-order valence-electron chi connectivity index (χ1n) is 4.46. The Morgan fingerprint density at radius 2 is 1.87 bits per heavy atom. The molecule has 1 aromatic rings. The lowest BCUT2D eigenvalue weighted by molar-refractivity contribution is 0.0415. The van der Waals surface area contributed by atoms with Gasteiger partial charge in [0.1, 0.15) is 0 Å². The second kappa shape index (κ2) is 5.79. The number of halogens is 1. The molecular formula is C9H14ClNO3S. The zero-order valence-corrected chi connectivity index (χ0v) is 9.68. The minimum atomic E-state index is -1.03. The number of hydrogen-bond acceptors (Lipinski definition) is 5. The third-order valence-electron chi connectivity index (χ3n) is 2.17. The third kappa shape index (κ3) is 3.41. The minimum absolute atomic E-state index is 0.320. The molecule has 6 heteroatoms. The Balaban J connectivity index is 2.54. The van der Waals surface area contributed by atoms with E-state index in [2.05, 4.69) is 5.32 Å². The standard InChI is InChI=1S/C9H14ClNO3S/c10-7-1-8(15-3-7)2-11-9(4-12,5-13)6-14/h1,3,11-14H,2,4-6H2. The van der Waals surface area contributed by atoms with Crippen LogP contribution in [-0.2, 0) is 6.54 Å². The summed E-state index contributed by atoms with van der Waals surface area (Å²) in [7, 11) is 0. The van der Waals surface area contributed by atoms with Crippen molar-refractivity contribution in [2.75, 3.05) is 19.8 Å². The normalized spacial score (nSPS) is 12.0. The van der Waals surface area contributed by atoms with Gasteiger partial charge < -0.3 is 20.6 Å². The number of rotatable bonds is 6. The molecule has 1 rings (SSSR count). The Morgan fingerprint density at radius 3 is 2.27 bits per heavy atom. The summed E-state index contributed by atoms with van der Waals surface area (Å²) in [5.74, 6) is 0. The van der Waals surface area contributed by atoms with Gasteiger partial charge in [-0.15, -0.1) is 11.3 Å². The molecule has 1 heterocycles. The number of nitrogens with one attached hydrogen (secondary N) is 1. The molecule has 0 saturated carbocycles. The Kier molecular flexibility index (Phi) is 4.98. The van der Waals surface area contributed by atoms with Gasteiger partial charge in [-0.2, -0.15) is 0 Å². The highest BCUT2D eigenvalue weighted by Gasteiger charge is 2.27. The van der Waals surface area contributed by atoms with E-state index in [-0.39, 0.29) is 19.8 Å². The average Bonchev–Trinajstić information content (AvgIpc) is 2.67. The van der Waals surface area contributed by atoms with E-state index in [1.165, 1.54) is 11.3 Å². The van der Waals surface area contributed by atoms with Crippen molar-refractivity contribution in [2.45, 2.75) is 12.1 Å². The lowest BCUT2D eigenvalue weighted by Gasteiger charge is -2.28. The summed E-state index contributed by atoms with van der Waals surface area (Å²) in [6.45, 7) is -0.504. The van der Waals surface area contributed by atoms with Crippen LogP contribution in [-0.4, -0.2) is 40.7 Å². The van der Waals surface area contributed by atoms with E-state index < -0.39 is 5.54 Å². The summed E-state index contributed by atoms with van der Waals surface area (Å²) in [6.07, 6.45) is 0. The largest absolute Gasteiger partial charge is 0.394 e. The molecule has 86 valence electrons. The van der Waals surface area contributed by atoms with Crippen molar-refractivity contribution in [2.24, 2.45) is 0 Å². The molecule has 15 heavy (non-hydrogen) atoms. The van der Waals surface area contributed by atoms with E-state index in [0.717, 1.165) is 4.88 Å². The molecule has 1 aromatic heterocycles. The van der Waals surface area contributed by atoms with Crippen LogP contribution in [0.15, 0.2) is 11.4 Å². The minimum Gasteiger partial charge on any atom is -0.394 e. The first kappa shape index (κ1) is 12.9. The van der Waals surface area contributed by atoms with Crippen molar-refractivity contribution in [3.63, 3.8) is 0 Å². The highest BCUT2D eigenvalue weighted by molar-refractivity contribution is 7.10. The summed E-state index contributed by atoms with van der Waals surface area (Å²) in [5.41, 5.74) is -1.03. The van der Waals surface area contributed by atoms with Crippen molar-refractivity contribution in [1.82, 2.24) is 5.32 Å². The first-order chi connectivity index (χ1) is 7.15. The van der Waals surface area contributed by atoms with Gasteiger partial charge in [0.05, 0.1) is 30.4 Å². The maximum atomic E-state index is 9.05. The van der Waals surface area contributed by atoms with E-state index in [0.29, 0.717) is 11.6 Å². The molecule has 0 radical (unpaired) electrons. The summed E-state index contributed by atoms with van der Waals surface area (Å²) in [6, 6.07) is 1.80. The molecule has 4 nitrogen and oxygen atoms in total. The molecule has 0 amide bonds. The SMILES string of the molecule is OCC(CO)(CO)NCc1cc(Cl)cs1. The molecular weight excluding hydrogens is 238 g/mol. The predicted octanol–water partition coefficient (Wildman–Crippen LogP) is 0.207. The van der Waals surface area contributed by atoms with Crippen LogP contribution in [0.3, 0.4) is 0 Å². The summed E-state index contributed by atoms with van der Waals surface area (Å²) < 4.78 is 0. The quantitative estimate of drug-likeness (QED) is 0.583. The van der Waals surface area contributed by atoms with Crippen LogP contribution >= 0.6 is 22.9 Å². The van der Waals surface area contributed by atoms with Crippen LogP contribution in [0.2, 0.25) is 5.02 Å². The predicted molar refractivity (Wildman–Crippen MR) is 60.2 cm³/mol. The fourth-order valence-corrected chi connectivity index (χ4v) is 2.05. The van der Waals surface area contributed by atoms with Crippen LogP contribution in [0.1, 0.15) is 4.88 Å². The molecule has 0 aliphatic carbocycles. The number of thiophene rings is 1. The number of aliphatic hydroxyl groups excluding tert-OH is 3. The van der Waals surface area contributed by atoms with Gasteiger partial charge in [-0.3, -0.25) is 0 Å². The maximum absolute atomic E-state index is 9.05. The van der Waals surface area contributed by atoms with Crippen molar-refractivity contribution >= 4 is 22.9 Å². The van der Waals surface area contributed by atoms with Crippen LogP contribution in [0, 0.1) is 0 Å². The monoisotopic (exact) mass is 251 g/mol. The second-order valence-electron chi connectivity index (χ2n) is 3.34. The van der Waals surface area contributed by atoms with Crippen molar-refractivity contribution in [3.8, 4) is 0 Å². The van der Waals surface area contributed by atoms with E-state index >= 15 is 0 Å². The summed E-state index contributed by atoms with van der Waals surface area (Å²) in [4.78, 5) is 0.986. The highest BCUT2D eigenvalue weighted by Crippen LogP contribution is 2.19. The Labute approximate surface area is 97.1 Å². The topological polar surface area (TPSA) is 72.7 Å². The summed E-state index contributed by atoms with van der Waals surface area (Å²) >= 11 is 7.23. The van der Waals surface area contributed by atoms with Crippen LogP contribution in [0.25, 0.3) is 0 Å². The van der Waals surface area contributed by atoms with Gasteiger partial charge in [-0.25, -0.2) is 0 Å². The van der Waals surface area contributed by atoms with E-state index in [1.807, 2.05) is 0 Å². The second-order valence-corrected chi connectivity index (χ2v) is 4.77. The van der Waals surface area contributed by atoms with Gasteiger partial charge in [-0.1, -0.05) is 11.6 Å². The van der Waals surface area contributed by atoms with Gasteiger partial charge >= 0.3 is 0 Å². The molecule has 0 atom stereocenters. The molecule has 0 saturated heterocycles. The lowest BCUT2D eigenvalue weighted by Crippen LogP contribution is -2.54. The number of aliphatic hydroxyl groups is 3. The molecule has 0 aromatic carbocycles. The highest BCUT2D eigenvalue weighted by atomic mass is 35.5. The average molecular weight is 252 g/mol. The Bertz CT molecular complexity index is 293. The molecule has 0 fully saturated rings. The van der Waals surface area contributed by atoms with E-state index in [1.54, 1.807) is 11.4 Å². The van der Waals surface area contributed by atoms with Crippen LogP contribution in [0.4, 0.5) is 0 Å². The molecule has 0 spiro atoms. The fourth-order valence-electron chi connectivity index (χ4n) is 1.04. The molecule has 0 unspecified atom stereocenters. The van der Waals surface area contributed by atoms with Gasteiger partial charge in [0.25, 0.3) is 0 Å². The van der Waals surface area contributed by atoms with E-state index in [9.17, 15) is 0 Å². The zero-order chi connectivity index (χ0) is 11.3. The van der Waals surface area contributed by atoms with Gasteiger partial charge in [0, 0.05) is 16.8 Å². The van der Waals surface area contributed by atoms with Gasteiger partial charge in [0.2, 0.25) is 0 Å². The van der Waals surface area contributed by atoms with Crippen molar-refractivity contribution in [3.05, 3.63) is 21.3 Å². The van der Waals surface area contributed by atoms with Gasteiger partial charge in [0.15, 0.2) is 0 Å². The zero-order valence-electron chi connectivity index (χ0n) is 8.11. The Hall–Kier alpha value is -0.170. The first-order valence-corrected chi connectivity index (χ1v) is 5.72. The number of hydrogen-bond donors (Lipinski definition) is 4. The van der Waals surface area contributed by atoms with E-state index in [4.69, 9.17) is 26.9 Å². The molecule has 0 bridgehead atoms. The molecule has 4 N–H and O–H groups in total. The van der Waals surface area contributed by atoms with Crippen molar-refractivity contribution < 1.29 is 15.3 Å². The molecule has 0 aliphatic heterocycles. The lowest BCUT2D eigenvalue weighted by atomic mass is 10.0. The van der Waals surface area contributed by atoms with Crippen LogP contribution in [0.5, 0.6) is 0 Å². The smallest absolute Gasteiger partial charge is 0.0884 e. The maximum Gasteiger partial charge on any atom is 0.0884 e. The fraction of sp³-hybridized carbons (Fsp3) is 0.556. The third-order valence-corrected chi connectivity index (χ3v) is 3.45. The summed E-state index contributed by atoms with van der Waals surface area (Å²) in [5, 5.41) is 32.5. The van der Waals surface area contributed by atoms with Gasteiger partial charge in [-0.05, 0) is 6.07 Å². The Morgan fingerprint density at radius 1 is 1.27 bits per heavy atom.